The van der Waals surface area contributed by atoms with Crippen LogP contribution in [0.15, 0.2) is 22.0 Å². The predicted molar refractivity (Wildman–Crippen MR) is 65.8 cm³/mol. The van der Waals surface area contributed by atoms with Gasteiger partial charge in [0.1, 0.15) is 11.7 Å². The Bertz CT molecular complexity index is 264. The molecule has 0 bridgehead atoms. The van der Waals surface area contributed by atoms with Crippen LogP contribution in [0.25, 0.3) is 0 Å². The lowest BCUT2D eigenvalue weighted by Gasteiger charge is -2.20. The van der Waals surface area contributed by atoms with E-state index in [0.29, 0.717) is 25.6 Å². The lowest BCUT2D eigenvalue weighted by Crippen LogP contribution is -2.30. The number of halogens is 1. The molecule has 0 aliphatic heterocycles. The van der Waals surface area contributed by atoms with Crippen LogP contribution in [0, 0.1) is 0 Å². The molecule has 0 spiro atoms. The molecule has 0 aromatic heterocycles. The zero-order chi connectivity index (χ0) is 12.4. The molecular formula is C11H20FN3O. The smallest absolute Gasteiger partial charge is 0.126 e. The van der Waals surface area contributed by atoms with Crippen LogP contribution in [0.5, 0.6) is 0 Å². The summed E-state index contributed by atoms with van der Waals surface area (Å²) in [6.07, 6.45) is 1.24. The molecule has 4 nitrogen and oxygen atoms in total. The molecule has 5 heteroatoms. The number of nitrogens with zero attached hydrogens (tertiary/aromatic N) is 3. The Labute approximate surface area is 96.5 Å². The molecule has 0 fully saturated rings. The molecule has 16 heavy (non-hydrogen) atoms. The van der Waals surface area contributed by atoms with Crippen molar-refractivity contribution in [3.05, 3.63) is 12.0 Å². The average molecular weight is 229 g/mol. The van der Waals surface area contributed by atoms with Gasteiger partial charge < -0.3 is 9.64 Å². The fraction of sp³-hybridized carbons (Fsp3) is 0.636. The van der Waals surface area contributed by atoms with Gasteiger partial charge in [0.2, 0.25) is 0 Å². The predicted octanol–water partition coefficient (Wildman–Crippen LogP) is 1.88. The minimum atomic E-state index is -0.348. The molecule has 0 saturated carbocycles. The van der Waals surface area contributed by atoms with Crippen LogP contribution in [0.1, 0.15) is 13.3 Å². The maximum absolute atomic E-state index is 13.2. The van der Waals surface area contributed by atoms with Gasteiger partial charge in [-0.05, 0) is 13.6 Å². The summed E-state index contributed by atoms with van der Waals surface area (Å²) >= 11 is 0. The van der Waals surface area contributed by atoms with Crippen molar-refractivity contribution in [2.24, 2.45) is 9.98 Å². The van der Waals surface area contributed by atoms with E-state index in [1.54, 1.807) is 7.05 Å². The van der Waals surface area contributed by atoms with Gasteiger partial charge in [-0.3, -0.25) is 9.98 Å². The molecule has 0 aliphatic rings. The summed E-state index contributed by atoms with van der Waals surface area (Å²) in [6.45, 7) is 7.12. The van der Waals surface area contributed by atoms with Crippen LogP contribution in [-0.4, -0.2) is 51.3 Å². The van der Waals surface area contributed by atoms with Crippen LogP contribution in [0.3, 0.4) is 0 Å². The second-order valence-electron chi connectivity index (χ2n) is 3.19. The molecule has 0 N–H and O–H groups in total. The van der Waals surface area contributed by atoms with Crippen molar-refractivity contribution in [3.8, 4) is 0 Å². The van der Waals surface area contributed by atoms with E-state index in [9.17, 15) is 4.39 Å². The quantitative estimate of drug-likeness (QED) is 0.380. The average Bonchev–Trinajstić information content (AvgIpc) is 2.26. The molecule has 0 aromatic rings. The van der Waals surface area contributed by atoms with Crippen molar-refractivity contribution in [1.29, 1.82) is 0 Å². The van der Waals surface area contributed by atoms with Gasteiger partial charge in [0.05, 0.1) is 19.2 Å². The molecular weight excluding hydrogens is 209 g/mol. The van der Waals surface area contributed by atoms with Crippen molar-refractivity contribution < 1.29 is 9.13 Å². The maximum Gasteiger partial charge on any atom is 0.126 e. The van der Waals surface area contributed by atoms with Crippen LogP contribution < -0.4 is 0 Å². The third-order valence-electron chi connectivity index (χ3n) is 2.03. The third-order valence-corrected chi connectivity index (χ3v) is 2.03. The van der Waals surface area contributed by atoms with Crippen molar-refractivity contribution in [2.75, 3.05) is 33.9 Å². The van der Waals surface area contributed by atoms with Gasteiger partial charge in [0.25, 0.3) is 0 Å². The largest absolute Gasteiger partial charge is 0.380 e. The van der Waals surface area contributed by atoms with Gasteiger partial charge >= 0.3 is 0 Å². The number of aliphatic imine (C=N–C) groups is 2. The number of ether oxygens (including phenoxy) is 1. The maximum atomic E-state index is 13.2. The topological polar surface area (TPSA) is 37.2 Å². The van der Waals surface area contributed by atoms with Gasteiger partial charge in [-0.25, -0.2) is 4.39 Å². The van der Waals surface area contributed by atoms with E-state index in [-0.39, 0.29) is 12.2 Å². The van der Waals surface area contributed by atoms with E-state index < -0.39 is 0 Å². The van der Waals surface area contributed by atoms with Crippen molar-refractivity contribution in [3.63, 3.8) is 0 Å². The fourth-order valence-corrected chi connectivity index (χ4v) is 1.16. The molecule has 0 heterocycles. The standard InChI is InChI=1S/C11H20FN3O/c1-5-16-7-6-15(4)11(14-3)8-10(12)9-13-2/h9H,2,5-8H2,1,3-4H3/b10-9+,14-11?. The fourth-order valence-electron chi connectivity index (χ4n) is 1.16. The highest BCUT2D eigenvalue weighted by Crippen LogP contribution is 2.07. The van der Waals surface area contributed by atoms with Crippen molar-refractivity contribution in [2.45, 2.75) is 13.3 Å². The Morgan fingerprint density at radius 1 is 1.56 bits per heavy atom. The molecule has 92 valence electrons. The van der Waals surface area contributed by atoms with E-state index in [1.807, 2.05) is 18.9 Å². The Kier molecular flexibility index (Phi) is 8.34. The summed E-state index contributed by atoms with van der Waals surface area (Å²) < 4.78 is 18.4. The number of likely N-dealkylation sites (N-methyl/N-ethyl adjacent to an activating group) is 1. The summed E-state index contributed by atoms with van der Waals surface area (Å²) in [5, 5.41) is 0. The second kappa shape index (κ2) is 9.03. The highest BCUT2D eigenvalue weighted by atomic mass is 19.1. The van der Waals surface area contributed by atoms with Crippen molar-refractivity contribution in [1.82, 2.24) is 4.90 Å². The summed E-state index contributed by atoms with van der Waals surface area (Å²) in [5.74, 6) is 0.316. The first kappa shape index (κ1) is 14.8. The monoisotopic (exact) mass is 229 g/mol. The molecule has 0 amide bonds. The first-order valence-corrected chi connectivity index (χ1v) is 5.20. The second-order valence-corrected chi connectivity index (χ2v) is 3.19. The van der Waals surface area contributed by atoms with E-state index >= 15 is 0 Å². The van der Waals surface area contributed by atoms with Gasteiger partial charge in [0, 0.05) is 27.2 Å². The van der Waals surface area contributed by atoms with E-state index in [2.05, 4.69) is 16.7 Å². The Balaban J connectivity index is 4.17. The molecule has 0 unspecified atom stereocenters. The van der Waals surface area contributed by atoms with Gasteiger partial charge in [0.15, 0.2) is 0 Å². The normalized spacial score (nSPS) is 12.8. The number of hydrogen-bond donors (Lipinski definition) is 0. The summed E-state index contributed by atoms with van der Waals surface area (Å²) in [5.41, 5.74) is 0. The van der Waals surface area contributed by atoms with Gasteiger partial charge in [-0.1, -0.05) is 0 Å². The molecule has 0 rings (SSSR count). The number of rotatable bonds is 7. The minimum Gasteiger partial charge on any atom is -0.380 e. The van der Waals surface area contributed by atoms with E-state index in [4.69, 9.17) is 4.74 Å². The highest BCUT2D eigenvalue weighted by Gasteiger charge is 2.08. The van der Waals surface area contributed by atoms with Gasteiger partial charge in [-0.2, -0.15) is 0 Å². The Hall–Kier alpha value is -1.23. The zero-order valence-corrected chi connectivity index (χ0v) is 10.2. The molecule has 0 saturated heterocycles. The van der Waals surface area contributed by atoms with Gasteiger partial charge in [-0.15, -0.1) is 0 Å². The van der Waals surface area contributed by atoms with E-state index in [0.717, 1.165) is 6.20 Å². The lowest BCUT2D eigenvalue weighted by atomic mass is 10.3. The number of amidine groups is 1. The molecule has 0 atom stereocenters. The highest BCUT2D eigenvalue weighted by molar-refractivity contribution is 5.83. The molecule has 0 aliphatic carbocycles. The van der Waals surface area contributed by atoms with Crippen LogP contribution in [-0.2, 0) is 4.74 Å². The first-order chi connectivity index (χ1) is 7.65. The number of hydrogen-bond acceptors (Lipinski definition) is 3. The summed E-state index contributed by atoms with van der Waals surface area (Å²) in [6, 6.07) is 0. The van der Waals surface area contributed by atoms with Crippen LogP contribution in [0.4, 0.5) is 4.39 Å². The van der Waals surface area contributed by atoms with Crippen molar-refractivity contribution >= 4 is 12.6 Å². The SMILES string of the molecule is C=N/C=C(/F)CC(=NC)N(C)CCOCC. The summed E-state index contributed by atoms with van der Waals surface area (Å²) in [7, 11) is 3.50. The van der Waals surface area contributed by atoms with Crippen LogP contribution >= 0.6 is 0 Å². The molecule has 0 aromatic carbocycles. The van der Waals surface area contributed by atoms with E-state index in [1.165, 1.54) is 0 Å². The lowest BCUT2D eigenvalue weighted by molar-refractivity contribution is 0.136. The third kappa shape index (κ3) is 6.29. The molecule has 0 radical (unpaired) electrons. The zero-order valence-electron chi connectivity index (χ0n) is 10.2. The minimum absolute atomic E-state index is 0.137. The first-order valence-electron chi connectivity index (χ1n) is 5.20. The van der Waals surface area contributed by atoms with Crippen LogP contribution in [0.2, 0.25) is 0 Å². The summed E-state index contributed by atoms with van der Waals surface area (Å²) in [4.78, 5) is 9.27. The Morgan fingerprint density at radius 3 is 2.75 bits per heavy atom. The Morgan fingerprint density at radius 2 is 2.25 bits per heavy atom.